The van der Waals surface area contributed by atoms with Crippen molar-refractivity contribution < 1.29 is 29.2 Å². The van der Waals surface area contributed by atoms with Crippen LogP contribution in [0.2, 0.25) is 0 Å². The maximum Gasteiger partial charge on any atom is 0.186 e. The minimum atomic E-state index is -1.04. The molecule has 2 aromatic rings. The summed E-state index contributed by atoms with van der Waals surface area (Å²) in [5, 5.41) is 20.2. The van der Waals surface area contributed by atoms with Gasteiger partial charge in [0.05, 0.1) is 19.8 Å². The second-order valence-corrected chi connectivity index (χ2v) is 6.47. The summed E-state index contributed by atoms with van der Waals surface area (Å²) in [7, 11) is 1.50. The van der Waals surface area contributed by atoms with Crippen molar-refractivity contribution in [3.63, 3.8) is 0 Å². The Morgan fingerprint density at radius 2 is 1.37 bits per heavy atom. The number of hydrogen-bond donors (Lipinski definition) is 2. The van der Waals surface area contributed by atoms with Gasteiger partial charge < -0.3 is 29.2 Å². The molecule has 1 aliphatic rings. The van der Waals surface area contributed by atoms with E-state index < -0.39 is 30.7 Å². The van der Waals surface area contributed by atoms with Crippen LogP contribution in [0.25, 0.3) is 0 Å². The molecular weight excluding hydrogens is 348 g/mol. The first-order valence-corrected chi connectivity index (χ1v) is 9.01. The maximum atomic E-state index is 10.6. The lowest BCUT2D eigenvalue weighted by Gasteiger charge is -2.43. The normalized spacial score (nSPS) is 28.2. The first-order valence-electron chi connectivity index (χ1n) is 9.01. The van der Waals surface area contributed by atoms with Crippen molar-refractivity contribution in [1.29, 1.82) is 0 Å². The SMILES string of the molecule is CO[C@H]1OC(CO)[C@H](O)[C@@H](OCc2ccccc2)C1OCc1ccccc1. The Labute approximate surface area is 159 Å². The van der Waals surface area contributed by atoms with Gasteiger partial charge in [-0.2, -0.15) is 0 Å². The average molecular weight is 374 g/mol. The van der Waals surface area contributed by atoms with E-state index in [0.29, 0.717) is 13.2 Å². The minimum absolute atomic E-state index is 0.308. The van der Waals surface area contributed by atoms with E-state index in [9.17, 15) is 10.2 Å². The highest BCUT2D eigenvalue weighted by Crippen LogP contribution is 2.28. The van der Waals surface area contributed by atoms with Gasteiger partial charge >= 0.3 is 0 Å². The van der Waals surface area contributed by atoms with Crippen LogP contribution >= 0.6 is 0 Å². The number of aliphatic hydroxyl groups excluding tert-OH is 2. The summed E-state index contributed by atoms with van der Waals surface area (Å²) in [5.74, 6) is 0. The molecule has 1 aliphatic heterocycles. The van der Waals surface area contributed by atoms with E-state index in [0.717, 1.165) is 11.1 Å². The zero-order valence-corrected chi connectivity index (χ0v) is 15.3. The molecule has 0 aliphatic carbocycles. The summed E-state index contributed by atoms with van der Waals surface area (Å²) < 4.78 is 23.1. The van der Waals surface area contributed by atoms with Crippen LogP contribution in [-0.2, 0) is 32.2 Å². The van der Waals surface area contributed by atoms with Crippen LogP contribution < -0.4 is 0 Å². The van der Waals surface area contributed by atoms with E-state index in [2.05, 4.69) is 0 Å². The van der Waals surface area contributed by atoms with Crippen molar-refractivity contribution in [2.24, 2.45) is 0 Å². The number of rotatable bonds is 8. The zero-order chi connectivity index (χ0) is 19.1. The average Bonchev–Trinajstić information content (AvgIpc) is 2.73. The van der Waals surface area contributed by atoms with Crippen molar-refractivity contribution in [1.82, 2.24) is 0 Å². The molecule has 3 rings (SSSR count). The lowest BCUT2D eigenvalue weighted by Crippen LogP contribution is -2.60. The molecule has 2 N–H and O–H groups in total. The fourth-order valence-corrected chi connectivity index (χ4v) is 3.13. The Kier molecular flexibility index (Phi) is 7.34. The Hall–Kier alpha value is -1.80. The summed E-state index contributed by atoms with van der Waals surface area (Å²) >= 11 is 0. The largest absolute Gasteiger partial charge is 0.394 e. The summed E-state index contributed by atoms with van der Waals surface area (Å²) in [6.07, 6.45) is -3.94. The number of ether oxygens (including phenoxy) is 4. The van der Waals surface area contributed by atoms with Crippen molar-refractivity contribution >= 4 is 0 Å². The molecule has 0 aromatic heterocycles. The van der Waals surface area contributed by atoms with E-state index >= 15 is 0 Å². The van der Waals surface area contributed by atoms with E-state index in [1.807, 2.05) is 60.7 Å². The smallest absolute Gasteiger partial charge is 0.186 e. The highest BCUT2D eigenvalue weighted by atomic mass is 16.7. The van der Waals surface area contributed by atoms with Crippen molar-refractivity contribution in [3.05, 3.63) is 71.8 Å². The van der Waals surface area contributed by atoms with E-state index in [4.69, 9.17) is 18.9 Å². The molecule has 0 radical (unpaired) electrons. The molecule has 5 atom stereocenters. The van der Waals surface area contributed by atoms with Gasteiger partial charge in [-0.15, -0.1) is 0 Å². The summed E-state index contributed by atoms with van der Waals surface area (Å²) in [6, 6.07) is 19.4. The maximum absolute atomic E-state index is 10.6. The molecule has 6 nitrogen and oxygen atoms in total. The third-order valence-electron chi connectivity index (χ3n) is 4.60. The summed E-state index contributed by atoms with van der Waals surface area (Å²) in [5.41, 5.74) is 1.97. The van der Waals surface area contributed by atoms with E-state index in [1.165, 1.54) is 7.11 Å². The summed E-state index contributed by atoms with van der Waals surface area (Å²) in [6.45, 7) is 0.302. The Morgan fingerprint density at radius 3 is 1.85 bits per heavy atom. The molecule has 0 spiro atoms. The third kappa shape index (κ3) is 5.13. The monoisotopic (exact) mass is 374 g/mol. The van der Waals surface area contributed by atoms with Crippen LogP contribution in [0.3, 0.4) is 0 Å². The Bertz CT molecular complexity index is 665. The molecule has 0 bridgehead atoms. The summed E-state index contributed by atoms with van der Waals surface area (Å²) in [4.78, 5) is 0. The second-order valence-electron chi connectivity index (χ2n) is 6.47. The van der Waals surface area contributed by atoms with Crippen LogP contribution in [0, 0.1) is 0 Å². The van der Waals surface area contributed by atoms with Crippen LogP contribution in [0.1, 0.15) is 11.1 Å². The van der Waals surface area contributed by atoms with Gasteiger partial charge in [-0.25, -0.2) is 0 Å². The quantitative estimate of drug-likeness (QED) is 0.735. The topological polar surface area (TPSA) is 77.4 Å². The first kappa shape index (κ1) is 19.9. The van der Waals surface area contributed by atoms with Crippen molar-refractivity contribution in [2.75, 3.05) is 13.7 Å². The van der Waals surface area contributed by atoms with Crippen LogP contribution in [0.15, 0.2) is 60.7 Å². The standard InChI is InChI=1S/C21H26O6/c1-24-21-20(26-14-16-10-6-3-7-11-16)19(18(23)17(12-22)27-21)25-13-15-8-4-2-5-9-15/h2-11,17-23H,12-14H2,1H3/t17?,18-,19+,20?,21-/m0/s1. The molecule has 6 heteroatoms. The Balaban J connectivity index is 1.73. The molecule has 27 heavy (non-hydrogen) atoms. The molecule has 2 aromatic carbocycles. The predicted octanol–water partition coefficient (Wildman–Crippen LogP) is 1.88. The second kappa shape index (κ2) is 9.94. The van der Waals surface area contributed by atoms with Crippen molar-refractivity contribution in [3.8, 4) is 0 Å². The van der Waals surface area contributed by atoms with Gasteiger partial charge in [0, 0.05) is 7.11 Å². The first-order chi connectivity index (χ1) is 13.2. The lowest BCUT2D eigenvalue weighted by atomic mass is 9.98. The number of methoxy groups -OCH3 is 1. The van der Waals surface area contributed by atoms with Crippen LogP contribution in [-0.4, -0.2) is 54.6 Å². The molecule has 1 heterocycles. The van der Waals surface area contributed by atoms with Gasteiger partial charge in [0.25, 0.3) is 0 Å². The Morgan fingerprint density at radius 1 is 0.852 bits per heavy atom. The van der Waals surface area contributed by atoms with Crippen LogP contribution in [0.5, 0.6) is 0 Å². The van der Waals surface area contributed by atoms with Gasteiger partial charge in [0.1, 0.15) is 24.4 Å². The molecule has 0 saturated carbocycles. The number of benzene rings is 2. The third-order valence-corrected chi connectivity index (χ3v) is 4.60. The number of hydrogen-bond acceptors (Lipinski definition) is 6. The van der Waals surface area contributed by atoms with E-state index in [1.54, 1.807) is 0 Å². The molecule has 1 saturated heterocycles. The molecule has 146 valence electrons. The molecule has 2 unspecified atom stereocenters. The van der Waals surface area contributed by atoms with Gasteiger partial charge in [0.15, 0.2) is 6.29 Å². The highest BCUT2D eigenvalue weighted by Gasteiger charge is 2.46. The fraction of sp³-hybridized carbons (Fsp3) is 0.429. The minimum Gasteiger partial charge on any atom is -0.394 e. The van der Waals surface area contributed by atoms with Crippen molar-refractivity contribution in [2.45, 2.75) is 43.9 Å². The van der Waals surface area contributed by atoms with Gasteiger partial charge in [-0.1, -0.05) is 60.7 Å². The van der Waals surface area contributed by atoms with Gasteiger partial charge in [-0.05, 0) is 11.1 Å². The molecule has 0 amide bonds. The highest BCUT2D eigenvalue weighted by molar-refractivity contribution is 5.14. The zero-order valence-electron chi connectivity index (χ0n) is 15.3. The molecular formula is C21H26O6. The van der Waals surface area contributed by atoms with E-state index in [-0.39, 0.29) is 6.61 Å². The fourth-order valence-electron chi connectivity index (χ4n) is 3.13. The molecule has 1 fully saturated rings. The van der Waals surface area contributed by atoms with Gasteiger partial charge in [0.2, 0.25) is 0 Å². The predicted molar refractivity (Wildman–Crippen MR) is 98.8 cm³/mol. The van der Waals surface area contributed by atoms with Gasteiger partial charge in [-0.3, -0.25) is 0 Å². The van der Waals surface area contributed by atoms with Crippen LogP contribution in [0.4, 0.5) is 0 Å². The lowest BCUT2D eigenvalue weighted by molar-refractivity contribution is -0.314. The number of aliphatic hydroxyl groups is 2.